The van der Waals surface area contributed by atoms with Gasteiger partial charge in [-0.05, 0) is 5.56 Å². The van der Waals surface area contributed by atoms with Crippen LogP contribution in [0.2, 0.25) is 0 Å². The topological polar surface area (TPSA) is 274 Å². The fourth-order valence-electron chi connectivity index (χ4n) is 4.41. The predicted molar refractivity (Wildman–Crippen MR) is 137 cm³/mol. The Morgan fingerprint density at radius 2 is 1.69 bits per heavy atom. The van der Waals surface area contributed by atoms with Crippen molar-refractivity contribution >= 4 is 46.2 Å². The van der Waals surface area contributed by atoms with E-state index in [9.17, 15) is 33.2 Å². The zero-order chi connectivity index (χ0) is 30.3. The van der Waals surface area contributed by atoms with E-state index in [0.29, 0.717) is 12.1 Å². The lowest BCUT2D eigenvalue weighted by Gasteiger charge is -2.22. The van der Waals surface area contributed by atoms with Crippen molar-refractivity contribution in [3.8, 4) is 0 Å². The Morgan fingerprint density at radius 3 is 2.40 bits per heavy atom. The number of rotatable bonds is 12. The summed E-state index contributed by atoms with van der Waals surface area (Å²) in [6.07, 6.45) is -3.17. The Morgan fingerprint density at radius 1 is 0.976 bits per heavy atom. The Balaban J connectivity index is 1.32. The van der Waals surface area contributed by atoms with Crippen LogP contribution in [0, 0.1) is 0 Å². The van der Waals surface area contributed by atoms with E-state index in [-0.39, 0.29) is 11.3 Å². The molecule has 2 aromatic heterocycles. The highest BCUT2D eigenvalue weighted by Crippen LogP contribution is 2.67. The average molecular weight is 651 g/mol. The lowest BCUT2D eigenvalue weighted by Crippen LogP contribution is -2.31. The van der Waals surface area contributed by atoms with Crippen molar-refractivity contribution in [2.45, 2.75) is 37.3 Å². The molecule has 2 saturated heterocycles. The summed E-state index contributed by atoms with van der Waals surface area (Å²) < 4.78 is 68.7. The third kappa shape index (κ3) is 7.11. The van der Waals surface area contributed by atoms with Gasteiger partial charge in [0.05, 0.1) is 12.9 Å². The van der Waals surface area contributed by atoms with E-state index in [1.54, 1.807) is 0 Å². The van der Waals surface area contributed by atoms with Gasteiger partial charge >= 0.3 is 29.2 Å². The molecule has 0 bridgehead atoms. The molecular formula is C20H24N5O14P3. The van der Waals surface area contributed by atoms with Gasteiger partial charge in [0.2, 0.25) is 0 Å². The number of ether oxygens (including phenoxy) is 3. The van der Waals surface area contributed by atoms with E-state index < -0.39 is 72.8 Å². The molecule has 2 fully saturated rings. The van der Waals surface area contributed by atoms with Crippen LogP contribution in [0.4, 0.5) is 5.82 Å². The summed E-state index contributed by atoms with van der Waals surface area (Å²) in [6, 6.07) is 9.27. The van der Waals surface area contributed by atoms with Gasteiger partial charge in [0.1, 0.15) is 36.3 Å². The number of hydrogen-bond donors (Lipinski definition) is 5. The van der Waals surface area contributed by atoms with Crippen LogP contribution in [0.3, 0.4) is 0 Å². The van der Waals surface area contributed by atoms with E-state index >= 15 is 0 Å². The van der Waals surface area contributed by atoms with Crippen molar-refractivity contribution in [2.24, 2.45) is 0 Å². The minimum atomic E-state index is -5.76. The summed E-state index contributed by atoms with van der Waals surface area (Å²) in [6.45, 7) is -0.761. The smallest absolute Gasteiger partial charge is 0.481 e. The first-order chi connectivity index (χ1) is 19.7. The quantitative estimate of drug-likeness (QED) is 0.172. The fourth-order valence-corrected chi connectivity index (χ4v) is 8.23. The number of carboxylic acids is 1. The number of anilines is 1. The fraction of sp³-hybridized carbons (Fsp3) is 0.400. The molecule has 6 N–H and O–H groups in total. The van der Waals surface area contributed by atoms with Gasteiger partial charge in [-0.3, -0.25) is 18.5 Å². The molecule has 8 atom stereocenters. The number of aromatic nitrogens is 4. The normalized spacial score (nSPS) is 28.1. The number of fused-ring (bicyclic) bond motifs is 2. The highest BCUT2D eigenvalue weighted by molar-refractivity contribution is 7.68. The molecule has 0 aliphatic carbocycles. The number of imidazole rings is 1. The summed E-state index contributed by atoms with van der Waals surface area (Å²) in [7, 11) is -16.4. The first-order valence-electron chi connectivity index (χ1n) is 11.9. The first kappa shape index (κ1) is 30.8. The number of nitrogens with zero attached hydrogens (tertiary/aromatic N) is 4. The Labute approximate surface area is 235 Å². The highest BCUT2D eigenvalue weighted by Gasteiger charge is 2.54. The Hall–Kier alpha value is -2.63. The van der Waals surface area contributed by atoms with Gasteiger partial charge in [-0.2, -0.15) is 4.31 Å². The molecule has 1 aromatic carbocycles. The predicted octanol–water partition coefficient (Wildman–Crippen LogP) is 1.18. The van der Waals surface area contributed by atoms with Gasteiger partial charge in [0.15, 0.2) is 24.0 Å². The van der Waals surface area contributed by atoms with Gasteiger partial charge in [-0.1, -0.05) is 30.3 Å². The molecule has 0 saturated carbocycles. The van der Waals surface area contributed by atoms with Gasteiger partial charge in [0, 0.05) is 6.42 Å². The maximum atomic E-state index is 12.5. The monoisotopic (exact) mass is 651 g/mol. The molecule has 2 aliphatic rings. The first-order valence-corrected chi connectivity index (χ1v) is 16.7. The van der Waals surface area contributed by atoms with Crippen LogP contribution < -0.4 is 5.73 Å². The molecule has 2 aliphatic heterocycles. The highest BCUT2D eigenvalue weighted by atomic mass is 31.3. The molecule has 22 heteroatoms. The standard InChI is InChI=1S/C20H24N5O14P3/c21-18-15-19(23-9-22-18)25(10-24-15)20-17-16(36-14(37-17)6-11-4-2-1-3-5-11)12(35-20)7-34-41(30,31)39-42(32,33)38-40(28,29)8-13(26)27/h1-5,9-10,12,14,16-17,20H,6-8H2,(H,26,27)(H,28,29)(H,30,31)(H,32,33)(H2,21,22,23)/t12-,14?,16?,17+,20-/m1/s1. The largest absolute Gasteiger partial charge is 0.488 e. The molecule has 4 heterocycles. The average Bonchev–Trinajstić information content (AvgIpc) is 3.55. The molecule has 5 unspecified atom stereocenters. The van der Waals surface area contributed by atoms with Gasteiger partial charge in [-0.25, -0.2) is 28.4 Å². The lowest BCUT2D eigenvalue weighted by molar-refractivity contribution is -0.149. The summed E-state index contributed by atoms with van der Waals surface area (Å²) in [5.41, 5.74) is 7.37. The SMILES string of the molecule is Nc1ncnc2c1ncn2[C@@H]1O[C@H](COP(=O)(O)OP(=O)(O)OP(=O)(O)CC(=O)O)C2OC(Cc3ccccc3)O[C@@H]21. The number of phosphoric acid groups is 2. The zero-order valence-corrected chi connectivity index (χ0v) is 23.8. The van der Waals surface area contributed by atoms with Crippen LogP contribution in [0.25, 0.3) is 11.2 Å². The lowest BCUT2D eigenvalue weighted by atomic mass is 10.1. The summed E-state index contributed by atoms with van der Waals surface area (Å²) in [5.74, 6) is -1.72. The van der Waals surface area contributed by atoms with Crippen LogP contribution in [-0.2, 0) is 52.3 Å². The zero-order valence-electron chi connectivity index (χ0n) is 21.1. The third-order valence-electron chi connectivity index (χ3n) is 5.98. The van der Waals surface area contributed by atoms with Crippen molar-refractivity contribution in [3.63, 3.8) is 0 Å². The molecule has 5 rings (SSSR count). The second-order valence-corrected chi connectivity index (χ2v) is 14.1. The number of nitrogens with two attached hydrogens (primary N) is 1. The molecule has 0 amide bonds. The molecule has 19 nitrogen and oxygen atoms in total. The number of carbonyl (C=O) groups is 1. The molecule has 0 radical (unpaired) electrons. The third-order valence-corrected chi connectivity index (χ3v) is 10.6. The molecule has 3 aromatic rings. The minimum Gasteiger partial charge on any atom is -0.481 e. The molecule has 0 spiro atoms. The van der Waals surface area contributed by atoms with E-state index in [2.05, 4.69) is 23.6 Å². The van der Waals surface area contributed by atoms with E-state index in [4.69, 9.17) is 29.6 Å². The second-order valence-electron chi connectivity index (χ2n) is 9.05. The van der Waals surface area contributed by atoms with Crippen LogP contribution in [-0.4, -0.2) is 82.6 Å². The molecular weight excluding hydrogens is 627 g/mol. The molecule has 42 heavy (non-hydrogen) atoms. The van der Waals surface area contributed by atoms with Crippen LogP contribution >= 0.6 is 23.2 Å². The maximum Gasteiger partial charge on any atom is 0.488 e. The number of hydrogen-bond acceptors (Lipinski definition) is 14. The van der Waals surface area contributed by atoms with Crippen LogP contribution in [0.5, 0.6) is 0 Å². The van der Waals surface area contributed by atoms with Crippen LogP contribution in [0.1, 0.15) is 11.8 Å². The number of aliphatic carboxylic acids is 1. The van der Waals surface area contributed by atoms with Crippen molar-refractivity contribution in [2.75, 3.05) is 18.5 Å². The van der Waals surface area contributed by atoms with Gasteiger partial charge in [-0.15, -0.1) is 0 Å². The van der Waals surface area contributed by atoms with E-state index in [1.165, 1.54) is 17.2 Å². The number of nitrogen functional groups attached to an aromatic ring is 1. The maximum absolute atomic E-state index is 12.5. The number of carboxylic acid groups (broad SMARTS) is 1. The Bertz CT molecular complexity index is 1610. The van der Waals surface area contributed by atoms with Crippen LogP contribution in [0.15, 0.2) is 43.0 Å². The van der Waals surface area contributed by atoms with Gasteiger partial charge in [0.25, 0.3) is 0 Å². The Kier molecular flexibility index (Phi) is 8.66. The summed E-state index contributed by atoms with van der Waals surface area (Å²) in [5, 5.41) is 8.61. The second kappa shape index (κ2) is 11.8. The van der Waals surface area contributed by atoms with E-state index in [1.807, 2.05) is 30.3 Å². The number of benzene rings is 1. The van der Waals surface area contributed by atoms with E-state index in [0.717, 1.165) is 5.56 Å². The summed E-state index contributed by atoms with van der Waals surface area (Å²) in [4.78, 5) is 52.1. The van der Waals surface area contributed by atoms with Crippen molar-refractivity contribution in [3.05, 3.63) is 48.5 Å². The van der Waals surface area contributed by atoms with Crippen molar-refractivity contribution in [1.29, 1.82) is 0 Å². The van der Waals surface area contributed by atoms with Crippen molar-refractivity contribution < 1.29 is 65.6 Å². The minimum absolute atomic E-state index is 0.114. The number of phosphoric ester groups is 1. The summed E-state index contributed by atoms with van der Waals surface area (Å²) >= 11 is 0. The van der Waals surface area contributed by atoms with Crippen molar-refractivity contribution in [1.82, 2.24) is 19.5 Å². The van der Waals surface area contributed by atoms with Gasteiger partial charge < -0.3 is 39.7 Å². The molecule has 228 valence electrons.